The van der Waals surface area contributed by atoms with E-state index in [4.69, 9.17) is 4.74 Å². The highest BCUT2D eigenvalue weighted by Crippen LogP contribution is 2.20. The maximum absolute atomic E-state index is 10.7. The molecule has 1 N–H and O–H groups in total. The second kappa shape index (κ2) is 6.00. The summed E-state index contributed by atoms with van der Waals surface area (Å²) in [6.07, 6.45) is 1.36. The van der Waals surface area contributed by atoms with E-state index in [1.165, 1.54) is 10.9 Å². The molecule has 94 valence electrons. The van der Waals surface area contributed by atoms with Crippen molar-refractivity contribution in [2.45, 2.75) is 6.92 Å². The summed E-state index contributed by atoms with van der Waals surface area (Å²) < 4.78 is 6.66. The van der Waals surface area contributed by atoms with Crippen LogP contribution in [0.15, 0.2) is 18.3 Å². The minimum absolute atomic E-state index is 0.0348. The van der Waals surface area contributed by atoms with Crippen LogP contribution in [0, 0.1) is 10.1 Å². The number of ether oxygens (including phenoxy) is 1. The number of aromatic nitrogens is 2. The van der Waals surface area contributed by atoms with Gasteiger partial charge in [0.1, 0.15) is 6.20 Å². The molecule has 0 bridgehead atoms. The molecule has 1 heterocycles. The fourth-order valence-electron chi connectivity index (χ4n) is 1.22. The van der Waals surface area contributed by atoms with Crippen molar-refractivity contribution >= 4 is 11.5 Å². The SMILES string of the molecule is C=C(C)COCCNc1nn(C)cc1[N+](=O)[O-]. The summed E-state index contributed by atoms with van der Waals surface area (Å²) in [5.41, 5.74) is 0.904. The van der Waals surface area contributed by atoms with Gasteiger partial charge in [-0.3, -0.25) is 14.8 Å². The largest absolute Gasteiger partial charge is 0.375 e. The van der Waals surface area contributed by atoms with Crippen LogP contribution in [0.2, 0.25) is 0 Å². The summed E-state index contributed by atoms with van der Waals surface area (Å²) in [6.45, 7) is 6.97. The quantitative estimate of drug-likeness (QED) is 0.336. The lowest BCUT2D eigenvalue weighted by molar-refractivity contribution is -0.384. The molecule has 0 aliphatic carbocycles. The topological polar surface area (TPSA) is 82.2 Å². The summed E-state index contributed by atoms with van der Waals surface area (Å²) in [5, 5.41) is 17.5. The van der Waals surface area contributed by atoms with Gasteiger partial charge in [0.15, 0.2) is 0 Å². The Morgan fingerprint density at radius 1 is 1.76 bits per heavy atom. The molecule has 0 saturated carbocycles. The average molecular weight is 240 g/mol. The zero-order valence-electron chi connectivity index (χ0n) is 9.97. The van der Waals surface area contributed by atoms with Gasteiger partial charge >= 0.3 is 5.69 Å². The van der Waals surface area contributed by atoms with Crippen LogP contribution in [-0.2, 0) is 11.8 Å². The van der Waals surface area contributed by atoms with E-state index in [2.05, 4.69) is 17.0 Å². The molecular formula is C10H16N4O3. The third-order valence-corrected chi connectivity index (χ3v) is 1.89. The molecule has 0 unspecified atom stereocenters. The van der Waals surface area contributed by atoms with Crippen LogP contribution in [0.5, 0.6) is 0 Å². The minimum Gasteiger partial charge on any atom is -0.375 e. The molecule has 0 aromatic carbocycles. The average Bonchev–Trinajstić information content (AvgIpc) is 2.59. The van der Waals surface area contributed by atoms with Crippen LogP contribution >= 0.6 is 0 Å². The predicted octanol–water partition coefficient (Wildman–Crippen LogP) is 1.33. The first kappa shape index (κ1) is 13.2. The Bertz CT molecular complexity index is 414. The third kappa shape index (κ3) is 4.23. The number of anilines is 1. The van der Waals surface area contributed by atoms with E-state index >= 15 is 0 Å². The number of aryl methyl sites for hydroxylation is 1. The Labute approximate surface area is 99.2 Å². The van der Waals surface area contributed by atoms with Crippen molar-refractivity contribution < 1.29 is 9.66 Å². The van der Waals surface area contributed by atoms with Crippen LogP contribution < -0.4 is 5.32 Å². The summed E-state index contributed by atoms with van der Waals surface area (Å²) in [7, 11) is 1.63. The Morgan fingerprint density at radius 3 is 3.06 bits per heavy atom. The monoisotopic (exact) mass is 240 g/mol. The van der Waals surface area contributed by atoms with Gasteiger partial charge in [0.2, 0.25) is 5.82 Å². The molecule has 1 aromatic heterocycles. The van der Waals surface area contributed by atoms with Crippen molar-refractivity contribution in [2.24, 2.45) is 7.05 Å². The fourth-order valence-corrected chi connectivity index (χ4v) is 1.22. The van der Waals surface area contributed by atoms with E-state index in [-0.39, 0.29) is 11.5 Å². The van der Waals surface area contributed by atoms with Crippen LogP contribution in [0.4, 0.5) is 11.5 Å². The Morgan fingerprint density at radius 2 is 2.47 bits per heavy atom. The lowest BCUT2D eigenvalue weighted by atomic mass is 10.4. The van der Waals surface area contributed by atoms with Crippen molar-refractivity contribution in [2.75, 3.05) is 25.1 Å². The van der Waals surface area contributed by atoms with Crippen molar-refractivity contribution in [3.8, 4) is 0 Å². The van der Waals surface area contributed by atoms with E-state index in [0.717, 1.165) is 5.57 Å². The van der Waals surface area contributed by atoms with Gasteiger partial charge in [-0.25, -0.2) is 0 Å². The Kier molecular flexibility index (Phi) is 4.65. The summed E-state index contributed by atoms with van der Waals surface area (Å²) in [4.78, 5) is 10.2. The van der Waals surface area contributed by atoms with Gasteiger partial charge < -0.3 is 10.1 Å². The zero-order valence-corrected chi connectivity index (χ0v) is 9.97. The van der Waals surface area contributed by atoms with E-state index in [0.29, 0.717) is 19.8 Å². The predicted molar refractivity (Wildman–Crippen MR) is 64.0 cm³/mol. The second-order valence-electron chi connectivity index (χ2n) is 3.73. The lowest BCUT2D eigenvalue weighted by Crippen LogP contribution is -2.11. The second-order valence-corrected chi connectivity index (χ2v) is 3.73. The van der Waals surface area contributed by atoms with Crippen molar-refractivity contribution in [1.29, 1.82) is 0 Å². The number of hydrogen-bond acceptors (Lipinski definition) is 5. The van der Waals surface area contributed by atoms with Crippen molar-refractivity contribution in [3.63, 3.8) is 0 Å². The Hall–Kier alpha value is -1.89. The van der Waals surface area contributed by atoms with Crippen LogP contribution in [0.1, 0.15) is 6.92 Å². The molecule has 0 aliphatic rings. The maximum atomic E-state index is 10.7. The smallest absolute Gasteiger partial charge is 0.330 e. The first-order chi connectivity index (χ1) is 8.00. The molecular weight excluding hydrogens is 224 g/mol. The highest BCUT2D eigenvalue weighted by molar-refractivity contribution is 5.54. The van der Waals surface area contributed by atoms with Crippen molar-refractivity contribution in [3.05, 3.63) is 28.5 Å². The summed E-state index contributed by atoms with van der Waals surface area (Å²) in [5.74, 6) is 0.261. The van der Waals surface area contributed by atoms with Crippen LogP contribution in [0.3, 0.4) is 0 Å². The van der Waals surface area contributed by atoms with Crippen LogP contribution in [-0.4, -0.2) is 34.5 Å². The number of nitrogens with zero attached hydrogens (tertiary/aromatic N) is 3. The van der Waals surface area contributed by atoms with Gasteiger partial charge in [0.05, 0.1) is 18.1 Å². The molecule has 1 rings (SSSR count). The molecule has 0 aliphatic heterocycles. The molecule has 0 spiro atoms. The van der Waals surface area contributed by atoms with E-state index in [1.807, 2.05) is 6.92 Å². The van der Waals surface area contributed by atoms with E-state index in [1.54, 1.807) is 7.05 Å². The molecule has 0 fully saturated rings. The number of rotatable bonds is 7. The molecule has 0 saturated heterocycles. The molecule has 7 nitrogen and oxygen atoms in total. The molecule has 17 heavy (non-hydrogen) atoms. The van der Waals surface area contributed by atoms with E-state index in [9.17, 15) is 10.1 Å². The number of hydrogen-bond donors (Lipinski definition) is 1. The normalized spacial score (nSPS) is 10.2. The van der Waals surface area contributed by atoms with Gasteiger partial charge in [-0.15, -0.1) is 5.10 Å². The van der Waals surface area contributed by atoms with Gasteiger partial charge in [0, 0.05) is 13.6 Å². The summed E-state index contributed by atoms with van der Waals surface area (Å²) in [6, 6.07) is 0. The number of nitro groups is 1. The molecule has 0 radical (unpaired) electrons. The maximum Gasteiger partial charge on any atom is 0.330 e. The minimum atomic E-state index is -0.468. The third-order valence-electron chi connectivity index (χ3n) is 1.89. The molecule has 7 heteroatoms. The zero-order chi connectivity index (χ0) is 12.8. The van der Waals surface area contributed by atoms with Crippen molar-refractivity contribution in [1.82, 2.24) is 9.78 Å². The summed E-state index contributed by atoms with van der Waals surface area (Å²) >= 11 is 0. The van der Waals surface area contributed by atoms with Gasteiger partial charge in [-0.2, -0.15) is 0 Å². The van der Waals surface area contributed by atoms with E-state index < -0.39 is 4.92 Å². The Balaban J connectivity index is 2.41. The fraction of sp³-hybridized carbons (Fsp3) is 0.500. The van der Waals surface area contributed by atoms with Gasteiger partial charge in [-0.05, 0) is 6.92 Å². The van der Waals surface area contributed by atoms with Crippen LogP contribution in [0.25, 0.3) is 0 Å². The molecule has 0 atom stereocenters. The molecule has 0 amide bonds. The molecule has 1 aromatic rings. The van der Waals surface area contributed by atoms with Gasteiger partial charge in [-0.1, -0.05) is 12.2 Å². The first-order valence-electron chi connectivity index (χ1n) is 5.14. The first-order valence-corrected chi connectivity index (χ1v) is 5.14. The van der Waals surface area contributed by atoms with Gasteiger partial charge in [0.25, 0.3) is 0 Å². The highest BCUT2D eigenvalue weighted by atomic mass is 16.6. The standard InChI is InChI=1S/C10H16N4O3/c1-8(2)7-17-5-4-11-10-9(14(15)16)6-13(3)12-10/h6H,1,4-5,7H2,2-3H3,(H,11,12). The lowest BCUT2D eigenvalue weighted by Gasteiger charge is -2.04. The highest BCUT2D eigenvalue weighted by Gasteiger charge is 2.17. The number of nitrogens with one attached hydrogen (secondary N) is 1.